The van der Waals surface area contributed by atoms with Crippen LogP contribution in [0.4, 0.5) is 0 Å². The van der Waals surface area contributed by atoms with E-state index in [4.69, 9.17) is 4.74 Å². The number of carboxylic acid groups (broad SMARTS) is 1. The van der Waals surface area contributed by atoms with E-state index in [0.29, 0.717) is 18.8 Å². The van der Waals surface area contributed by atoms with Crippen molar-refractivity contribution in [2.75, 3.05) is 19.8 Å². The summed E-state index contributed by atoms with van der Waals surface area (Å²) in [5, 5.41) is 12.3. The zero-order chi connectivity index (χ0) is 16.8. The highest BCUT2D eigenvalue weighted by Gasteiger charge is 2.30. The van der Waals surface area contributed by atoms with Crippen LogP contribution in [-0.4, -0.2) is 36.7 Å². The summed E-state index contributed by atoms with van der Waals surface area (Å²) >= 11 is 0. The molecule has 5 nitrogen and oxygen atoms in total. The molecule has 5 heteroatoms. The number of carbonyl (C=O) groups excluding carboxylic acids is 1. The molecule has 1 aliphatic rings. The Morgan fingerprint density at radius 3 is 2.52 bits per heavy atom. The molecular weight excluding hydrogens is 294 g/mol. The number of rotatable bonds is 6. The predicted octanol–water partition coefficient (Wildman–Crippen LogP) is 2.67. The number of nitrogens with one attached hydrogen (secondary N) is 1. The number of amides is 1. The first-order valence-electron chi connectivity index (χ1n) is 8.18. The zero-order valence-electron chi connectivity index (χ0n) is 13.7. The van der Waals surface area contributed by atoms with Crippen molar-refractivity contribution in [3.8, 4) is 0 Å². The summed E-state index contributed by atoms with van der Waals surface area (Å²) in [4.78, 5) is 24.0. The number of carbonyl (C=O) groups is 2. The van der Waals surface area contributed by atoms with E-state index in [2.05, 4.69) is 5.32 Å². The van der Waals surface area contributed by atoms with Crippen LogP contribution in [0.2, 0.25) is 0 Å². The van der Waals surface area contributed by atoms with Gasteiger partial charge in [0.1, 0.15) is 0 Å². The first-order chi connectivity index (χ1) is 11.0. The largest absolute Gasteiger partial charge is 0.481 e. The molecule has 0 aliphatic carbocycles. The summed E-state index contributed by atoms with van der Waals surface area (Å²) in [6.07, 6.45) is 1.46. The van der Waals surface area contributed by atoms with Crippen molar-refractivity contribution in [3.05, 3.63) is 35.4 Å². The van der Waals surface area contributed by atoms with E-state index in [-0.39, 0.29) is 24.3 Å². The molecule has 1 aromatic rings. The number of aliphatic carboxylic acids is 1. The van der Waals surface area contributed by atoms with Gasteiger partial charge in [0.15, 0.2) is 0 Å². The lowest BCUT2D eigenvalue weighted by molar-refractivity contribution is -0.144. The maximum atomic E-state index is 12.5. The van der Waals surface area contributed by atoms with Crippen LogP contribution in [-0.2, 0) is 9.53 Å². The van der Waals surface area contributed by atoms with Crippen LogP contribution < -0.4 is 5.32 Å². The normalized spacial score (nSPS) is 17.0. The van der Waals surface area contributed by atoms with Crippen molar-refractivity contribution >= 4 is 11.9 Å². The molecule has 1 atom stereocenters. The molecular formula is C18H25NO4. The molecule has 126 valence electrons. The van der Waals surface area contributed by atoms with Gasteiger partial charge in [0.25, 0.3) is 5.91 Å². The van der Waals surface area contributed by atoms with E-state index < -0.39 is 11.9 Å². The Morgan fingerprint density at radius 2 is 1.91 bits per heavy atom. The monoisotopic (exact) mass is 319 g/mol. The van der Waals surface area contributed by atoms with Gasteiger partial charge in [-0.25, -0.2) is 0 Å². The van der Waals surface area contributed by atoms with Gasteiger partial charge in [-0.05, 0) is 36.3 Å². The zero-order valence-corrected chi connectivity index (χ0v) is 13.7. The summed E-state index contributed by atoms with van der Waals surface area (Å²) in [5.74, 6) is -1.32. The lowest BCUT2D eigenvalue weighted by atomic mass is 9.86. The first-order valence-corrected chi connectivity index (χ1v) is 8.18. The number of benzene rings is 1. The van der Waals surface area contributed by atoms with Gasteiger partial charge >= 0.3 is 5.97 Å². The molecule has 1 saturated heterocycles. The van der Waals surface area contributed by atoms with Crippen molar-refractivity contribution in [3.63, 3.8) is 0 Å². The van der Waals surface area contributed by atoms with E-state index in [9.17, 15) is 14.7 Å². The van der Waals surface area contributed by atoms with E-state index in [1.807, 2.05) is 32.0 Å². The molecule has 0 radical (unpaired) electrons. The average molecular weight is 319 g/mol. The first kappa shape index (κ1) is 17.5. The minimum atomic E-state index is -0.852. The highest BCUT2D eigenvalue weighted by Crippen LogP contribution is 2.24. The number of ether oxygens (including phenoxy) is 1. The summed E-state index contributed by atoms with van der Waals surface area (Å²) in [5.41, 5.74) is 1.60. The van der Waals surface area contributed by atoms with Crippen LogP contribution in [0.1, 0.15) is 48.5 Å². The van der Waals surface area contributed by atoms with Crippen molar-refractivity contribution < 1.29 is 19.4 Å². The molecule has 2 N–H and O–H groups in total. The Morgan fingerprint density at radius 1 is 1.26 bits per heavy atom. The minimum absolute atomic E-state index is 0.0573. The molecule has 1 unspecified atom stereocenters. The molecule has 1 aromatic carbocycles. The van der Waals surface area contributed by atoms with E-state index in [0.717, 1.165) is 18.4 Å². The molecule has 0 saturated carbocycles. The highest BCUT2D eigenvalue weighted by atomic mass is 16.5. The molecule has 23 heavy (non-hydrogen) atoms. The lowest BCUT2D eigenvalue weighted by Crippen LogP contribution is -2.39. The van der Waals surface area contributed by atoms with E-state index in [1.54, 1.807) is 6.07 Å². The third-order valence-corrected chi connectivity index (χ3v) is 4.46. The molecule has 0 aromatic heterocycles. The second kappa shape index (κ2) is 8.11. The Hall–Kier alpha value is -1.88. The van der Waals surface area contributed by atoms with Gasteiger partial charge in [0.05, 0.1) is 5.92 Å². The summed E-state index contributed by atoms with van der Waals surface area (Å²) < 4.78 is 5.29. The van der Waals surface area contributed by atoms with Crippen LogP contribution in [0.3, 0.4) is 0 Å². The van der Waals surface area contributed by atoms with Gasteiger partial charge in [-0.15, -0.1) is 0 Å². The second-order valence-electron chi connectivity index (χ2n) is 6.35. The maximum absolute atomic E-state index is 12.5. The lowest BCUT2D eigenvalue weighted by Gasteiger charge is -2.27. The third-order valence-electron chi connectivity index (χ3n) is 4.46. The maximum Gasteiger partial charge on any atom is 0.308 e. The van der Waals surface area contributed by atoms with Crippen molar-refractivity contribution in [2.24, 2.45) is 11.8 Å². The highest BCUT2D eigenvalue weighted by molar-refractivity contribution is 5.96. The minimum Gasteiger partial charge on any atom is -0.481 e. The predicted molar refractivity (Wildman–Crippen MR) is 87.5 cm³/mol. The van der Waals surface area contributed by atoms with Crippen LogP contribution >= 0.6 is 0 Å². The fourth-order valence-corrected chi connectivity index (χ4v) is 3.08. The molecule has 1 fully saturated rings. The fourth-order valence-electron chi connectivity index (χ4n) is 3.08. The van der Waals surface area contributed by atoms with Gasteiger partial charge in [0.2, 0.25) is 0 Å². The van der Waals surface area contributed by atoms with E-state index >= 15 is 0 Å². The molecule has 1 amide bonds. The van der Waals surface area contributed by atoms with Crippen LogP contribution in [0, 0.1) is 11.8 Å². The van der Waals surface area contributed by atoms with Crippen LogP contribution in [0.25, 0.3) is 0 Å². The van der Waals surface area contributed by atoms with Gasteiger partial charge in [-0.2, -0.15) is 0 Å². The van der Waals surface area contributed by atoms with Gasteiger partial charge in [-0.1, -0.05) is 32.0 Å². The number of hydrogen-bond acceptors (Lipinski definition) is 3. The van der Waals surface area contributed by atoms with Crippen molar-refractivity contribution in [1.29, 1.82) is 0 Å². The Kier molecular flexibility index (Phi) is 6.16. The fraction of sp³-hybridized carbons (Fsp3) is 0.556. The number of carboxylic acids is 1. The smallest absolute Gasteiger partial charge is 0.308 e. The van der Waals surface area contributed by atoms with Gasteiger partial charge in [-0.3, -0.25) is 9.59 Å². The third kappa shape index (κ3) is 4.55. The van der Waals surface area contributed by atoms with Gasteiger partial charge < -0.3 is 15.2 Å². The quantitative estimate of drug-likeness (QED) is 0.845. The summed E-state index contributed by atoms with van der Waals surface area (Å²) in [6, 6.07) is 7.46. The topological polar surface area (TPSA) is 75.6 Å². The average Bonchev–Trinajstić information content (AvgIpc) is 2.55. The second-order valence-corrected chi connectivity index (χ2v) is 6.35. The van der Waals surface area contributed by atoms with Crippen LogP contribution in [0.5, 0.6) is 0 Å². The van der Waals surface area contributed by atoms with E-state index in [1.165, 1.54) is 0 Å². The summed E-state index contributed by atoms with van der Waals surface area (Å²) in [6.45, 7) is 5.42. The molecule has 1 aliphatic heterocycles. The van der Waals surface area contributed by atoms with Crippen molar-refractivity contribution in [2.45, 2.75) is 32.6 Å². The Balaban J connectivity index is 2.03. The van der Waals surface area contributed by atoms with Crippen molar-refractivity contribution in [1.82, 2.24) is 5.32 Å². The SMILES string of the molecule is CC(C)c1ccccc1C(=O)NCC(C(=O)O)C1CCOCC1. The molecule has 0 bridgehead atoms. The Labute approximate surface area is 137 Å². The molecule has 2 rings (SSSR count). The standard InChI is InChI=1S/C18H25NO4/c1-12(2)14-5-3-4-6-15(14)17(20)19-11-16(18(21)22)13-7-9-23-10-8-13/h3-6,12-13,16H,7-11H2,1-2H3,(H,19,20)(H,21,22). The number of hydrogen-bond donors (Lipinski definition) is 2. The Bertz CT molecular complexity index is 550. The molecule has 0 spiro atoms. The summed E-state index contributed by atoms with van der Waals surface area (Å²) in [7, 11) is 0. The molecule has 1 heterocycles. The van der Waals surface area contributed by atoms with Crippen LogP contribution in [0.15, 0.2) is 24.3 Å². The van der Waals surface area contributed by atoms with Gasteiger partial charge in [0, 0.05) is 25.3 Å².